The molecule has 0 bridgehead atoms. The van der Waals surface area contributed by atoms with E-state index in [2.05, 4.69) is 5.16 Å². The third-order valence-electron chi connectivity index (χ3n) is 3.61. The SMILES string of the molecule is CC1CCOC1C(=O)N(C)c1ccccc1/C(N)=N/O. The minimum atomic E-state index is -0.430. The van der Waals surface area contributed by atoms with E-state index in [-0.39, 0.29) is 17.7 Å². The molecule has 2 rings (SSSR count). The van der Waals surface area contributed by atoms with E-state index < -0.39 is 6.10 Å². The molecule has 1 aromatic rings. The van der Waals surface area contributed by atoms with Crippen molar-refractivity contribution in [2.45, 2.75) is 19.4 Å². The third kappa shape index (κ3) is 2.60. The number of likely N-dealkylation sites (N-methyl/N-ethyl adjacent to an activating group) is 1. The number of benzene rings is 1. The quantitative estimate of drug-likeness (QED) is 0.376. The number of para-hydroxylation sites is 1. The van der Waals surface area contributed by atoms with Crippen LogP contribution in [0.15, 0.2) is 29.4 Å². The summed E-state index contributed by atoms with van der Waals surface area (Å²) >= 11 is 0. The molecule has 108 valence electrons. The number of ether oxygens (including phenoxy) is 1. The summed E-state index contributed by atoms with van der Waals surface area (Å²) in [6.07, 6.45) is 0.451. The van der Waals surface area contributed by atoms with Gasteiger partial charge in [0.1, 0.15) is 6.10 Å². The Morgan fingerprint density at radius 3 is 2.80 bits per heavy atom. The Balaban J connectivity index is 2.29. The van der Waals surface area contributed by atoms with Crippen LogP contribution in [0, 0.1) is 5.92 Å². The van der Waals surface area contributed by atoms with E-state index >= 15 is 0 Å². The Bertz CT molecular complexity index is 530. The number of nitrogens with zero attached hydrogens (tertiary/aromatic N) is 2. The second kappa shape index (κ2) is 5.92. The predicted octanol–water partition coefficient (Wildman–Crippen LogP) is 1.17. The Hall–Kier alpha value is -2.08. The molecule has 0 saturated carbocycles. The van der Waals surface area contributed by atoms with Crippen LogP contribution in [0.4, 0.5) is 5.69 Å². The lowest BCUT2D eigenvalue weighted by Crippen LogP contribution is -2.39. The van der Waals surface area contributed by atoms with Gasteiger partial charge in [-0.2, -0.15) is 0 Å². The highest BCUT2D eigenvalue weighted by molar-refractivity contribution is 6.07. The zero-order valence-corrected chi connectivity index (χ0v) is 11.6. The van der Waals surface area contributed by atoms with E-state index in [1.54, 1.807) is 31.3 Å². The van der Waals surface area contributed by atoms with Crippen LogP contribution in [0.5, 0.6) is 0 Å². The molecule has 1 amide bonds. The number of oxime groups is 1. The van der Waals surface area contributed by atoms with Crippen molar-refractivity contribution in [3.05, 3.63) is 29.8 Å². The second-order valence-electron chi connectivity index (χ2n) is 4.96. The van der Waals surface area contributed by atoms with E-state index in [4.69, 9.17) is 15.7 Å². The molecule has 20 heavy (non-hydrogen) atoms. The lowest BCUT2D eigenvalue weighted by molar-refractivity contribution is -0.128. The van der Waals surface area contributed by atoms with Gasteiger partial charge in [-0.25, -0.2) is 0 Å². The van der Waals surface area contributed by atoms with Crippen LogP contribution in [0.2, 0.25) is 0 Å². The molecule has 0 aliphatic carbocycles. The molecule has 1 aliphatic heterocycles. The number of rotatable bonds is 3. The highest BCUT2D eigenvalue weighted by Crippen LogP contribution is 2.25. The molecular formula is C14H19N3O3. The van der Waals surface area contributed by atoms with E-state index in [1.165, 1.54) is 4.90 Å². The number of nitrogens with two attached hydrogens (primary N) is 1. The average Bonchev–Trinajstić information content (AvgIpc) is 2.91. The van der Waals surface area contributed by atoms with Crippen molar-refractivity contribution in [3.63, 3.8) is 0 Å². The van der Waals surface area contributed by atoms with Crippen molar-refractivity contribution in [2.75, 3.05) is 18.6 Å². The predicted molar refractivity (Wildman–Crippen MR) is 75.9 cm³/mol. The fourth-order valence-corrected chi connectivity index (χ4v) is 2.36. The van der Waals surface area contributed by atoms with Gasteiger partial charge in [0.2, 0.25) is 0 Å². The van der Waals surface area contributed by atoms with Crippen molar-refractivity contribution in [2.24, 2.45) is 16.8 Å². The minimum absolute atomic E-state index is 0.0272. The van der Waals surface area contributed by atoms with Gasteiger partial charge in [0.05, 0.1) is 5.69 Å². The van der Waals surface area contributed by atoms with Crippen molar-refractivity contribution in [1.82, 2.24) is 0 Å². The molecule has 1 aromatic carbocycles. The maximum absolute atomic E-state index is 12.5. The van der Waals surface area contributed by atoms with Gasteiger partial charge in [-0.1, -0.05) is 24.2 Å². The van der Waals surface area contributed by atoms with Crippen LogP contribution in [0.3, 0.4) is 0 Å². The molecule has 0 radical (unpaired) electrons. The maximum Gasteiger partial charge on any atom is 0.256 e. The molecule has 0 aromatic heterocycles. The van der Waals surface area contributed by atoms with Gasteiger partial charge in [0.15, 0.2) is 5.84 Å². The highest BCUT2D eigenvalue weighted by Gasteiger charge is 2.33. The van der Waals surface area contributed by atoms with E-state index in [0.717, 1.165) is 6.42 Å². The monoisotopic (exact) mass is 277 g/mol. The van der Waals surface area contributed by atoms with Gasteiger partial charge < -0.3 is 20.6 Å². The van der Waals surface area contributed by atoms with Crippen molar-refractivity contribution >= 4 is 17.4 Å². The van der Waals surface area contributed by atoms with Crippen LogP contribution in [0.1, 0.15) is 18.9 Å². The zero-order valence-electron chi connectivity index (χ0n) is 11.6. The summed E-state index contributed by atoms with van der Waals surface area (Å²) < 4.78 is 5.49. The van der Waals surface area contributed by atoms with Crippen LogP contribution in [0.25, 0.3) is 0 Å². The molecule has 6 nitrogen and oxygen atoms in total. The van der Waals surface area contributed by atoms with E-state index in [1.807, 2.05) is 6.92 Å². The Kier molecular flexibility index (Phi) is 4.24. The Morgan fingerprint density at radius 1 is 1.50 bits per heavy atom. The maximum atomic E-state index is 12.5. The number of hydrogen-bond acceptors (Lipinski definition) is 4. The number of amidine groups is 1. The summed E-state index contributed by atoms with van der Waals surface area (Å²) in [5, 5.41) is 11.8. The van der Waals surface area contributed by atoms with E-state index in [9.17, 15) is 4.79 Å². The largest absolute Gasteiger partial charge is 0.409 e. The van der Waals surface area contributed by atoms with Gasteiger partial charge in [-0.15, -0.1) is 0 Å². The third-order valence-corrected chi connectivity index (χ3v) is 3.61. The number of carbonyl (C=O) groups is 1. The van der Waals surface area contributed by atoms with Crippen molar-refractivity contribution < 1.29 is 14.7 Å². The first-order chi connectivity index (χ1) is 9.56. The molecule has 0 spiro atoms. The highest BCUT2D eigenvalue weighted by atomic mass is 16.5. The summed E-state index contributed by atoms with van der Waals surface area (Å²) in [6.45, 7) is 2.60. The average molecular weight is 277 g/mol. The van der Waals surface area contributed by atoms with Crippen molar-refractivity contribution in [1.29, 1.82) is 0 Å². The molecule has 3 N–H and O–H groups in total. The fourth-order valence-electron chi connectivity index (χ4n) is 2.36. The molecule has 1 fully saturated rings. The summed E-state index contributed by atoms with van der Waals surface area (Å²) in [5.41, 5.74) is 6.75. The number of anilines is 1. The van der Waals surface area contributed by atoms with Gasteiger partial charge in [-0.05, 0) is 24.5 Å². The lowest BCUT2D eigenvalue weighted by Gasteiger charge is -2.24. The summed E-state index contributed by atoms with van der Waals surface area (Å²) in [5.74, 6) is 0.0507. The molecule has 2 unspecified atom stereocenters. The van der Waals surface area contributed by atoms with Gasteiger partial charge >= 0.3 is 0 Å². The number of hydrogen-bond donors (Lipinski definition) is 2. The van der Waals surface area contributed by atoms with Gasteiger partial charge in [-0.3, -0.25) is 4.79 Å². The standard InChI is InChI=1S/C14H19N3O3/c1-9-7-8-20-12(9)14(18)17(2)11-6-4-3-5-10(11)13(15)16-19/h3-6,9,12,19H,7-8H2,1-2H3,(H2,15,16). The molecule has 1 heterocycles. The Morgan fingerprint density at radius 2 is 2.20 bits per heavy atom. The molecule has 6 heteroatoms. The molecule has 1 aliphatic rings. The smallest absolute Gasteiger partial charge is 0.256 e. The van der Waals surface area contributed by atoms with Crippen LogP contribution in [-0.4, -0.2) is 36.7 Å². The van der Waals surface area contributed by atoms with E-state index in [0.29, 0.717) is 17.9 Å². The van der Waals surface area contributed by atoms with Gasteiger partial charge in [0.25, 0.3) is 5.91 Å². The number of amides is 1. The van der Waals surface area contributed by atoms with Crippen LogP contribution in [-0.2, 0) is 9.53 Å². The zero-order chi connectivity index (χ0) is 14.7. The molecule has 2 atom stereocenters. The van der Waals surface area contributed by atoms with Crippen molar-refractivity contribution in [3.8, 4) is 0 Å². The van der Waals surface area contributed by atoms with Crippen LogP contribution < -0.4 is 10.6 Å². The summed E-state index contributed by atoms with van der Waals surface area (Å²) in [7, 11) is 1.67. The first-order valence-corrected chi connectivity index (χ1v) is 6.52. The molecular weight excluding hydrogens is 258 g/mol. The first-order valence-electron chi connectivity index (χ1n) is 6.52. The lowest BCUT2D eigenvalue weighted by atomic mass is 10.0. The summed E-state index contributed by atoms with van der Waals surface area (Å²) in [6, 6.07) is 7.02. The second-order valence-corrected chi connectivity index (χ2v) is 4.96. The fraction of sp³-hybridized carbons (Fsp3) is 0.429. The summed E-state index contributed by atoms with van der Waals surface area (Å²) in [4.78, 5) is 14.0. The molecule has 1 saturated heterocycles. The Labute approximate surface area is 117 Å². The first kappa shape index (κ1) is 14.3. The van der Waals surface area contributed by atoms with Crippen LogP contribution >= 0.6 is 0 Å². The number of carbonyl (C=O) groups excluding carboxylic acids is 1. The normalized spacial score (nSPS) is 22.8. The topological polar surface area (TPSA) is 88.2 Å². The van der Waals surface area contributed by atoms with Gasteiger partial charge in [0, 0.05) is 19.2 Å². The minimum Gasteiger partial charge on any atom is -0.409 e.